The van der Waals surface area contributed by atoms with E-state index >= 15 is 14.4 Å². The van der Waals surface area contributed by atoms with Gasteiger partial charge in [0.15, 0.2) is 29.7 Å². The van der Waals surface area contributed by atoms with Crippen LogP contribution in [0.5, 0.6) is 46.0 Å². The van der Waals surface area contributed by atoms with Crippen molar-refractivity contribution in [2.24, 2.45) is 17.1 Å². The molecule has 11 bridgehead atoms. The maximum absolute atomic E-state index is 16.1. The van der Waals surface area contributed by atoms with Gasteiger partial charge in [-0.05, 0) is 127 Å². The number of benzene rings is 5. The van der Waals surface area contributed by atoms with Gasteiger partial charge in [0.05, 0.1) is 40.8 Å². The van der Waals surface area contributed by atoms with Crippen LogP contribution in [0.25, 0.3) is 11.1 Å². The van der Waals surface area contributed by atoms with Gasteiger partial charge in [0.1, 0.15) is 89.4 Å². The van der Waals surface area contributed by atoms with Gasteiger partial charge in [-0.2, -0.15) is 0 Å². The molecule has 30 nitrogen and oxygen atoms in total. The van der Waals surface area contributed by atoms with E-state index in [9.17, 15) is 64.8 Å². The number of carbonyl (C=O) groups is 8. The summed E-state index contributed by atoms with van der Waals surface area (Å²) >= 11 is 14.2. The largest absolute Gasteiger partial charge is 0.508 e. The summed E-state index contributed by atoms with van der Waals surface area (Å²) < 4.78 is 39.2. The molecule has 2 saturated heterocycles. The van der Waals surface area contributed by atoms with E-state index < -0.39 is 203 Å². The van der Waals surface area contributed by atoms with E-state index in [0.29, 0.717) is 0 Å². The summed E-state index contributed by atoms with van der Waals surface area (Å²) in [6.07, 6.45) is -16.0. The molecular formula is C69H80Cl2N8O22. The van der Waals surface area contributed by atoms with Crippen LogP contribution in [0.3, 0.4) is 0 Å². The molecule has 17 N–H and O–H groups in total. The van der Waals surface area contributed by atoms with E-state index in [-0.39, 0.29) is 80.1 Å². The van der Waals surface area contributed by atoms with Crippen LogP contribution in [0, 0.1) is 11.3 Å². The van der Waals surface area contributed by atoms with E-state index in [0.717, 1.165) is 55.5 Å². The number of halogens is 2. The zero-order valence-corrected chi connectivity index (χ0v) is 57.4. The van der Waals surface area contributed by atoms with Gasteiger partial charge in [-0.25, -0.2) is 0 Å². The second kappa shape index (κ2) is 30.3. The first-order valence-corrected chi connectivity index (χ1v) is 33.3. The average Bonchev–Trinajstić information content (AvgIpc) is 0.772. The molecule has 0 saturated carbocycles. The predicted molar refractivity (Wildman–Crippen MR) is 357 cm³/mol. The zero-order chi connectivity index (χ0) is 73.5. The highest BCUT2D eigenvalue weighted by atomic mass is 35.5. The number of phenolic OH excluding ortho intramolecular Hbond substituents is 3. The molecular weight excluding hydrogens is 1360 g/mol. The third kappa shape index (κ3) is 15.9. The average molecular weight is 1440 g/mol. The number of aliphatic hydroxyl groups is 5. The lowest BCUT2D eigenvalue weighted by Gasteiger charge is -2.47. The van der Waals surface area contributed by atoms with Crippen LogP contribution in [0.2, 0.25) is 10.0 Å². The Labute approximate surface area is 588 Å². The Bertz CT molecular complexity index is 4070. The highest BCUT2D eigenvalue weighted by Gasteiger charge is 2.51. The molecule has 7 aliphatic rings. The Hall–Kier alpha value is -8.92. The molecule has 5 aromatic carbocycles. The monoisotopic (exact) mass is 1440 g/mol. The summed E-state index contributed by atoms with van der Waals surface area (Å²) in [7, 11) is 1.49. The molecule has 542 valence electrons. The van der Waals surface area contributed by atoms with Crippen molar-refractivity contribution < 1.29 is 108 Å². The van der Waals surface area contributed by atoms with Crippen molar-refractivity contribution in [3.05, 3.63) is 117 Å². The Kier molecular flexibility index (Phi) is 22.5. The summed E-state index contributed by atoms with van der Waals surface area (Å²) in [5.41, 5.74) is 2.96. The second-order valence-electron chi connectivity index (χ2n) is 26.7. The van der Waals surface area contributed by atoms with E-state index in [2.05, 4.69) is 37.2 Å². The van der Waals surface area contributed by atoms with Crippen molar-refractivity contribution in [3.63, 3.8) is 0 Å². The van der Waals surface area contributed by atoms with Crippen LogP contribution >= 0.6 is 23.2 Å². The molecule has 9 unspecified atom stereocenters. The molecule has 7 aliphatic heterocycles. The first-order chi connectivity index (χ1) is 47.7. The lowest BCUT2D eigenvalue weighted by atomic mass is 9.78. The summed E-state index contributed by atoms with van der Waals surface area (Å²) in [4.78, 5) is 118. The number of nitrogens with two attached hydrogens (primary N) is 1. The topological polar surface area (TPSA) is 464 Å². The van der Waals surface area contributed by atoms with Crippen LogP contribution in [-0.4, -0.2) is 168 Å². The van der Waals surface area contributed by atoms with Gasteiger partial charge in [-0.3, -0.25) is 38.4 Å². The highest BCUT2D eigenvalue weighted by molar-refractivity contribution is 6.32. The number of primary amides is 1. The number of aliphatic hydroxyl groups excluding tert-OH is 5. The number of phenols is 3. The number of fused-ring (bicyclic) bond motifs is 15. The second-order valence-corrected chi connectivity index (χ2v) is 27.5. The quantitative estimate of drug-likeness (QED) is 0.0803. The van der Waals surface area contributed by atoms with E-state index in [1.54, 1.807) is 27.7 Å². The number of likely N-dealkylation sites (N-methyl/N-ethyl adjacent to an activating group) is 1. The van der Waals surface area contributed by atoms with Gasteiger partial charge in [0.25, 0.3) is 0 Å². The Morgan fingerprint density at radius 1 is 0.703 bits per heavy atom. The maximum Gasteiger partial charge on any atom is 0.248 e. The number of rotatable bonds is 13. The van der Waals surface area contributed by atoms with Gasteiger partial charge in [-0.15, -0.1) is 0 Å². The van der Waals surface area contributed by atoms with Gasteiger partial charge >= 0.3 is 0 Å². The molecule has 5 aromatic rings. The number of carbonyl (C=O) groups excluding carboxylic acids is 8. The van der Waals surface area contributed by atoms with Crippen LogP contribution in [0.4, 0.5) is 0 Å². The molecule has 0 spiro atoms. The molecule has 12 rings (SSSR count). The number of nitrogens with one attached hydrogen (secondary N) is 7. The smallest absolute Gasteiger partial charge is 0.248 e. The standard InChI is InChI=1S/C69H80Cl2N8O22/c1-9-42-57(87)58(88)60(100-48-25-69(6,7)61(89)28(5)96-48)68(99-42)101-59-45-20-32-21-46(59)98-44-15-12-31(19-37(44)71)56(86)54-67(95)75-50(27(4)80)35-22-33(81)23-41(83)49(35)34-17-29(10-13-40(34)82)51(64(92)79-54)77-65(93)52(32)76-63(91)39(24-47(72)84)74-66(94)53(78-62(90)38(73-8)16-26(2)3)55(85)30-11-14-43(97-45)36(70)18-30/h10-15,17-23,26,28,38-39,42,48,50-58,60-61,68,73,81-83,85-89H,9,16,24-25H2,1-8H3,(H2,72,84)(H,74,94)(H,75,95)(H,76,91)(H,77,93)(H,78,90)(H,79,92)/t28?,38-,39+,42?,48?,50+,51?,52-,53-,54+,55-,56-,57?,58?,60?,61?,68?/m1/s1. The fraction of sp³-hybridized carbons (Fsp3) is 0.449. The van der Waals surface area contributed by atoms with Gasteiger partial charge in [-0.1, -0.05) is 76.0 Å². The molecule has 0 radical (unpaired) electrons. The van der Waals surface area contributed by atoms with Gasteiger partial charge < -0.3 is 112 Å². The molecule has 0 aliphatic carbocycles. The summed E-state index contributed by atoms with van der Waals surface area (Å²) in [6.45, 7) is 11.5. The zero-order valence-electron chi connectivity index (χ0n) is 55.9. The van der Waals surface area contributed by atoms with Crippen LogP contribution in [-0.2, 0) is 52.6 Å². The van der Waals surface area contributed by atoms with Crippen LogP contribution in [0.1, 0.15) is 132 Å². The highest BCUT2D eigenvalue weighted by Crippen LogP contribution is 2.50. The number of ether oxygens (including phenoxy) is 6. The molecule has 2 fully saturated rings. The van der Waals surface area contributed by atoms with Crippen LogP contribution < -0.4 is 57.2 Å². The first kappa shape index (κ1) is 74.8. The minimum Gasteiger partial charge on any atom is -0.508 e. The van der Waals surface area contributed by atoms with Crippen molar-refractivity contribution in [1.29, 1.82) is 0 Å². The van der Waals surface area contributed by atoms with Crippen molar-refractivity contribution in [2.75, 3.05) is 7.05 Å². The van der Waals surface area contributed by atoms with Gasteiger partial charge in [0, 0.05) is 23.6 Å². The normalized spacial score (nSPS) is 28.5. The number of amides is 7. The van der Waals surface area contributed by atoms with E-state index in [4.69, 9.17) is 57.4 Å². The Balaban J connectivity index is 1.24. The first-order valence-electron chi connectivity index (χ1n) is 32.5. The number of Topliss-reactive ketones (excluding diaryl/α,β-unsaturated/α-hetero) is 1. The predicted octanol–water partition coefficient (Wildman–Crippen LogP) is 3.34. The third-order valence-corrected chi connectivity index (χ3v) is 19.0. The van der Waals surface area contributed by atoms with Crippen molar-refractivity contribution in [2.45, 2.75) is 178 Å². The lowest BCUT2D eigenvalue weighted by Crippen LogP contribution is -2.61. The molecule has 32 heteroatoms. The van der Waals surface area contributed by atoms with E-state index in [1.807, 2.05) is 13.8 Å². The Morgan fingerprint density at radius 3 is 1.89 bits per heavy atom. The molecule has 0 aromatic heterocycles. The molecule has 101 heavy (non-hydrogen) atoms. The fourth-order valence-corrected chi connectivity index (χ4v) is 13.4. The van der Waals surface area contributed by atoms with Gasteiger partial charge in [0.2, 0.25) is 53.4 Å². The van der Waals surface area contributed by atoms with Crippen molar-refractivity contribution in [3.8, 4) is 57.1 Å². The SMILES string of the molecule is CCC1OC(Oc2c3cc4cc2Oc2ccc(cc2Cl)[C@@H](O)[C@@H](NC(=O)[C@@H](CC(C)C)NC)C(=O)N[C@@H](CC(N)=O)C(=O)N[C@H]4C(=O)NC2C(=O)N[C@H](C(=O)N[C@@H](C(C)=O)c4cc(O)cc(O)c4-c4cc2ccc4O)[C@H](O)c2ccc(c(Cl)c2)O3)C(OC2CC(C)(C)C(O)C(C)O2)C(O)C1O. The minimum atomic E-state index is -2.27. The van der Waals surface area contributed by atoms with Crippen LogP contribution in [0.15, 0.2) is 78.9 Å². The molecule has 17 atom stereocenters. The fourth-order valence-electron chi connectivity index (χ4n) is 13.0. The Morgan fingerprint density at radius 2 is 1.31 bits per heavy atom. The number of hydrogen-bond acceptors (Lipinski definition) is 23. The lowest BCUT2D eigenvalue weighted by molar-refractivity contribution is -0.336. The number of aromatic hydroxyl groups is 3. The maximum atomic E-state index is 16.1. The number of ketones is 1. The molecule has 7 amide bonds. The number of hydrogen-bond donors (Lipinski definition) is 16. The summed E-state index contributed by atoms with van der Waals surface area (Å²) in [5.74, 6) is -13.6. The summed E-state index contributed by atoms with van der Waals surface area (Å²) in [5, 5.41) is 111. The van der Waals surface area contributed by atoms with Crippen molar-refractivity contribution >= 4 is 70.3 Å². The summed E-state index contributed by atoms with van der Waals surface area (Å²) in [6, 6.07) is 1.29. The molecule has 7 heterocycles. The van der Waals surface area contributed by atoms with Crippen molar-refractivity contribution in [1.82, 2.24) is 37.2 Å². The van der Waals surface area contributed by atoms with E-state index in [1.165, 1.54) is 37.4 Å². The minimum absolute atomic E-state index is 0.0378. The third-order valence-electron chi connectivity index (χ3n) is 18.4.